The maximum Gasteiger partial charge on any atom is 0.130 e. The third kappa shape index (κ3) is 2.33. The van der Waals surface area contributed by atoms with Crippen molar-refractivity contribution in [1.82, 2.24) is 0 Å². The summed E-state index contributed by atoms with van der Waals surface area (Å²) in [6.07, 6.45) is 3.29. The highest BCUT2D eigenvalue weighted by molar-refractivity contribution is 5.63. The molecule has 0 unspecified atom stereocenters. The molecule has 1 aromatic rings. The van der Waals surface area contributed by atoms with Gasteiger partial charge in [0.2, 0.25) is 0 Å². The van der Waals surface area contributed by atoms with Gasteiger partial charge in [-0.3, -0.25) is 0 Å². The van der Waals surface area contributed by atoms with Crippen LogP contribution in [0.25, 0.3) is 12.2 Å². The van der Waals surface area contributed by atoms with Gasteiger partial charge in [0, 0.05) is 0 Å². The lowest BCUT2D eigenvalue weighted by molar-refractivity contribution is 1.47. The number of nitriles is 2. The maximum absolute atomic E-state index is 8.53. The van der Waals surface area contributed by atoms with Gasteiger partial charge in [-0.15, -0.1) is 0 Å². The van der Waals surface area contributed by atoms with Crippen LogP contribution in [-0.4, -0.2) is 0 Å². The van der Waals surface area contributed by atoms with Crippen LogP contribution in [0.1, 0.15) is 11.1 Å². The minimum Gasteiger partial charge on any atom is -0.192 e. The number of nitrogens with zero attached hydrogens (tertiary/aromatic N) is 2. The Labute approximate surface area is 83.0 Å². The van der Waals surface area contributed by atoms with Crippen molar-refractivity contribution in [2.75, 3.05) is 0 Å². The first-order chi connectivity index (χ1) is 6.80. The topological polar surface area (TPSA) is 47.6 Å². The normalized spacial score (nSPS) is 8.14. The van der Waals surface area contributed by atoms with Crippen LogP contribution in [0.5, 0.6) is 0 Å². The number of hydrogen-bond donors (Lipinski definition) is 0. The molecule has 0 bridgehead atoms. The molecule has 0 atom stereocenters. The van der Waals surface area contributed by atoms with Crippen LogP contribution in [0.4, 0.5) is 0 Å². The number of allylic oxidation sites excluding steroid dienone is 1. The van der Waals surface area contributed by atoms with Crippen molar-refractivity contribution in [2.45, 2.75) is 0 Å². The molecule has 0 saturated heterocycles. The molecule has 0 aliphatic heterocycles. The Kier molecular flexibility index (Phi) is 3.24. The number of rotatable bonds is 2. The number of benzene rings is 1. The lowest BCUT2D eigenvalue weighted by Gasteiger charge is -1.94. The van der Waals surface area contributed by atoms with Crippen LogP contribution in [0, 0.1) is 22.7 Å². The van der Waals surface area contributed by atoms with Gasteiger partial charge in [-0.1, -0.05) is 36.9 Å². The van der Waals surface area contributed by atoms with E-state index in [4.69, 9.17) is 10.5 Å². The summed E-state index contributed by atoms with van der Waals surface area (Å²) < 4.78 is 0. The average molecular weight is 180 g/mol. The second-order valence-electron chi connectivity index (χ2n) is 2.65. The van der Waals surface area contributed by atoms with E-state index in [9.17, 15) is 0 Å². The van der Waals surface area contributed by atoms with Gasteiger partial charge in [-0.2, -0.15) is 10.5 Å². The molecule has 2 nitrogen and oxygen atoms in total. The third-order valence-corrected chi connectivity index (χ3v) is 1.72. The van der Waals surface area contributed by atoms with Gasteiger partial charge in [0.15, 0.2) is 0 Å². The van der Waals surface area contributed by atoms with Gasteiger partial charge in [0.1, 0.15) is 17.7 Å². The lowest BCUT2D eigenvalue weighted by Crippen LogP contribution is -1.76. The summed E-state index contributed by atoms with van der Waals surface area (Å²) in [5.41, 5.74) is 1.96. The van der Waals surface area contributed by atoms with Crippen LogP contribution in [0.3, 0.4) is 0 Å². The van der Waals surface area contributed by atoms with Gasteiger partial charge < -0.3 is 0 Å². The Bertz CT molecular complexity index is 423. The predicted octanol–water partition coefficient (Wildman–Crippen LogP) is 2.76. The molecular weight excluding hydrogens is 172 g/mol. The molecule has 14 heavy (non-hydrogen) atoms. The highest BCUT2D eigenvalue weighted by Crippen LogP contribution is 2.09. The Balaban J connectivity index is 3.01. The minimum absolute atomic E-state index is 0.108. The Morgan fingerprint density at radius 2 is 1.57 bits per heavy atom. The highest BCUT2D eigenvalue weighted by atomic mass is 14.3. The van der Waals surface area contributed by atoms with Gasteiger partial charge in [0.05, 0.1) is 0 Å². The summed E-state index contributed by atoms with van der Waals surface area (Å²) in [5, 5.41) is 17.1. The molecule has 0 spiro atoms. The molecular formula is C12H8N2. The zero-order chi connectivity index (χ0) is 10.4. The van der Waals surface area contributed by atoms with E-state index in [1.807, 2.05) is 36.4 Å². The van der Waals surface area contributed by atoms with Crippen LogP contribution in [0.15, 0.2) is 36.4 Å². The first-order valence-corrected chi connectivity index (χ1v) is 4.04. The SMILES string of the molecule is C=Cc1ccc(C=C(C#N)C#N)cc1. The van der Waals surface area contributed by atoms with Gasteiger partial charge >= 0.3 is 0 Å². The van der Waals surface area contributed by atoms with Gasteiger partial charge in [0.25, 0.3) is 0 Å². The van der Waals surface area contributed by atoms with Gasteiger partial charge in [-0.25, -0.2) is 0 Å². The van der Waals surface area contributed by atoms with E-state index in [0.29, 0.717) is 0 Å². The molecule has 0 saturated carbocycles. The molecule has 0 aliphatic rings. The second-order valence-corrected chi connectivity index (χ2v) is 2.65. The zero-order valence-corrected chi connectivity index (χ0v) is 7.57. The van der Waals surface area contributed by atoms with Crippen LogP contribution in [-0.2, 0) is 0 Å². The summed E-state index contributed by atoms with van der Waals surface area (Å²) in [6, 6.07) is 11.1. The molecule has 0 N–H and O–H groups in total. The molecule has 0 aliphatic carbocycles. The number of hydrogen-bond acceptors (Lipinski definition) is 2. The first-order valence-electron chi connectivity index (χ1n) is 4.04. The summed E-state index contributed by atoms with van der Waals surface area (Å²) in [5.74, 6) is 0. The average Bonchev–Trinajstić information content (AvgIpc) is 2.26. The van der Waals surface area contributed by atoms with Crippen molar-refractivity contribution < 1.29 is 0 Å². The molecule has 0 radical (unpaired) electrons. The molecule has 0 heterocycles. The van der Waals surface area contributed by atoms with Gasteiger partial charge in [-0.05, 0) is 17.2 Å². The monoisotopic (exact) mass is 180 g/mol. The van der Waals surface area contributed by atoms with Crippen molar-refractivity contribution in [2.24, 2.45) is 0 Å². The maximum atomic E-state index is 8.53. The minimum atomic E-state index is 0.108. The Morgan fingerprint density at radius 1 is 1.07 bits per heavy atom. The predicted molar refractivity (Wildman–Crippen MR) is 55.7 cm³/mol. The summed E-state index contributed by atoms with van der Waals surface area (Å²) >= 11 is 0. The molecule has 0 aromatic heterocycles. The van der Waals surface area contributed by atoms with E-state index >= 15 is 0 Å². The zero-order valence-electron chi connectivity index (χ0n) is 7.57. The van der Waals surface area contributed by atoms with Crippen LogP contribution < -0.4 is 0 Å². The molecule has 1 rings (SSSR count). The molecule has 66 valence electrons. The van der Waals surface area contributed by atoms with Crippen molar-refractivity contribution in [1.29, 1.82) is 10.5 Å². The summed E-state index contributed by atoms with van der Waals surface area (Å²) in [7, 11) is 0. The van der Waals surface area contributed by atoms with E-state index in [-0.39, 0.29) is 5.57 Å². The van der Waals surface area contributed by atoms with Crippen LogP contribution >= 0.6 is 0 Å². The second kappa shape index (κ2) is 4.64. The standard InChI is InChI=1S/C12H8N2/c1-2-10-3-5-11(6-4-10)7-12(8-13)9-14/h2-7H,1H2. The molecule has 2 heteroatoms. The van der Waals surface area contributed by atoms with E-state index < -0.39 is 0 Å². The fraction of sp³-hybridized carbons (Fsp3) is 0. The fourth-order valence-corrected chi connectivity index (χ4v) is 0.985. The van der Waals surface area contributed by atoms with E-state index in [2.05, 4.69) is 6.58 Å². The fourth-order valence-electron chi connectivity index (χ4n) is 0.985. The quantitative estimate of drug-likeness (QED) is 0.657. The molecule has 1 aromatic carbocycles. The molecule has 0 fully saturated rings. The lowest BCUT2D eigenvalue weighted by atomic mass is 10.1. The van der Waals surface area contributed by atoms with Crippen molar-refractivity contribution in [3.63, 3.8) is 0 Å². The smallest absolute Gasteiger partial charge is 0.130 e. The Hall–Kier alpha value is -2.32. The summed E-state index contributed by atoms with van der Waals surface area (Å²) in [4.78, 5) is 0. The summed E-state index contributed by atoms with van der Waals surface area (Å²) in [6.45, 7) is 3.63. The molecule has 0 amide bonds. The van der Waals surface area contributed by atoms with E-state index in [1.54, 1.807) is 12.2 Å². The Morgan fingerprint density at radius 3 is 2.00 bits per heavy atom. The first kappa shape index (κ1) is 9.77. The third-order valence-electron chi connectivity index (χ3n) is 1.72. The highest BCUT2D eigenvalue weighted by Gasteiger charge is 1.93. The van der Waals surface area contributed by atoms with E-state index in [0.717, 1.165) is 11.1 Å². The largest absolute Gasteiger partial charge is 0.192 e. The van der Waals surface area contributed by atoms with E-state index in [1.165, 1.54) is 0 Å². The van der Waals surface area contributed by atoms with Crippen molar-refractivity contribution in [3.8, 4) is 12.1 Å². The van der Waals surface area contributed by atoms with Crippen molar-refractivity contribution in [3.05, 3.63) is 47.5 Å². The van der Waals surface area contributed by atoms with Crippen LogP contribution in [0.2, 0.25) is 0 Å². The van der Waals surface area contributed by atoms with Crippen molar-refractivity contribution >= 4 is 12.2 Å².